The van der Waals surface area contributed by atoms with Crippen molar-refractivity contribution in [1.82, 2.24) is 26.6 Å². The lowest BCUT2D eigenvalue weighted by atomic mass is 9.81. The molecule has 2 aromatic carbocycles. The number of aliphatic carboxylic acids is 3. The van der Waals surface area contributed by atoms with Gasteiger partial charge < -0.3 is 41.9 Å². The lowest BCUT2D eigenvalue weighted by Gasteiger charge is -2.29. The number of carboxylic acids is 3. The standard InChI is InChI=1S/C36H51N5O9/c1-22(2)38-21-23-10-14-26(15-11-23)32(44)39-30(20-24-12-13-25-7-3-4-8-27(25)19-24)33(45)37-18-6-5-9-28(34(46)47)40-36(50)41-29(35(48)49)16-17-31(42)43/h3-4,7-8,12-13,19,22-23,26,28-30,38H,5-6,9-11,14-18,20-21H2,1-2H3,(H,37,45)(H,39,44)(H,42,43)(H,46,47)(H,48,49)(H2,40,41,50)/t23?,26?,28?,29-,30+/m0/s1. The lowest BCUT2D eigenvalue weighted by Crippen LogP contribution is -2.51. The second-order valence-corrected chi connectivity index (χ2v) is 13.3. The van der Waals surface area contributed by atoms with Crippen molar-refractivity contribution in [3.8, 4) is 0 Å². The molecule has 0 bridgehead atoms. The number of carboxylic acid groups (broad SMARTS) is 3. The number of urea groups is 1. The minimum absolute atomic E-state index is 0.00188. The van der Waals surface area contributed by atoms with E-state index in [1.54, 1.807) is 0 Å². The molecule has 1 saturated carbocycles. The van der Waals surface area contributed by atoms with E-state index in [4.69, 9.17) is 5.11 Å². The van der Waals surface area contributed by atoms with Gasteiger partial charge in [-0.3, -0.25) is 14.4 Å². The van der Waals surface area contributed by atoms with E-state index in [0.717, 1.165) is 48.6 Å². The summed E-state index contributed by atoms with van der Waals surface area (Å²) in [4.78, 5) is 73.0. The van der Waals surface area contributed by atoms with Gasteiger partial charge in [-0.2, -0.15) is 0 Å². The van der Waals surface area contributed by atoms with Crippen LogP contribution in [0.4, 0.5) is 4.79 Å². The Bertz CT molecular complexity index is 1470. The highest BCUT2D eigenvalue weighted by Gasteiger charge is 2.30. The number of amides is 4. The molecular weight excluding hydrogens is 646 g/mol. The molecule has 14 nitrogen and oxygen atoms in total. The minimum atomic E-state index is -1.50. The highest BCUT2D eigenvalue weighted by Crippen LogP contribution is 2.29. The van der Waals surface area contributed by atoms with E-state index in [-0.39, 0.29) is 37.1 Å². The van der Waals surface area contributed by atoms with Crippen LogP contribution in [-0.4, -0.2) is 88.3 Å². The fraction of sp³-hybridized carbons (Fsp3) is 0.556. The number of benzene rings is 2. The van der Waals surface area contributed by atoms with Crippen LogP contribution in [0, 0.1) is 11.8 Å². The average Bonchev–Trinajstić information content (AvgIpc) is 3.07. The van der Waals surface area contributed by atoms with Gasteiger partial charge in [-0.1, -0.05) is 56.3 Å². The topological polar surface area (TPSA) is 223 Å². The Morgan fingerprint density at radius 1 is 0.760 bits per heavy atom. The van der Waals surface area contributed by atoms with E-state index in [1.807, 2.05) is 42.5 Å². The van der Waals surface area contributed by atoms with Gasteiger partial charge in [0.15, 0.2) is 0 Å². The fourth-order valence-corrected chi connectivity index (χ4v) is 6.08. The van der Waals surface area contributed by atoms with Crippen molar-refractivity contribution < 1.29 is 44.1 Å². The molecule has 274 valence electrons. The lowest BCUT2D eigenvalue weighted by molar-refractivity contribution is -0.141. The number of hydrogen-bond acceptors (Lipinski definition) is 7. The third-order valence-corrected chi connectivity index (χ3v) is 8.99. The maximum atomic E-state index is 13.5. The molecule has 0 spiro atoms. The van der Waals surface area contributed by atoms with Gasteiger partial charge in [-0.25, -0.2) is 14.4 Å². The Balaban J connectivity index is 1.54. The number of fused-ring (bicyclic) bond motifs is 1. The Kier molecular flexibility index (Phi) is 15.9. The summed E-state index contributed by atoms with van der Waals surface area (Å²) in [5, 5.41) is 43.3. The first kappa shape index (κ1) is 39.7. The quantitative estimate of drug-likeness (QED) is 0.0945. The van der Waals surface area contributed by atoms with Crippen LogP contribution in [0.15, 0.2) is 42.5 Å². The van der Waals surface area contributed by atoms with Crippen molar-refractivity contribution in [3.05, 3.63) is 48.0 Å². The highest BCUT2D eigenvalue weighted by atomic mass is 16.4. The third-order valence-electron chi connectivity index (χ3n) is 8.99. The summed E-state index contributed by atoms with van der Waals surface area (Å²) in [6.45, 7) is 5.35. The molecule has 1 fully saturated rings. The monoisotopic (exact) mass is 697 g/mol. The summed E-state index contributed by atoms with van der Waals surface area (Å²) in [6.07, 6.45) is 3.52. The number of carbonyl (C=O) groups excluding carboxylic acids is 3. The summed E-state index contributed by atoms with van der Waals surface area (Å²) < 4.78 is 0. The third kappa shape index (κ3) is 13.7. The molecule has 0 radical (unpaired) electrons. The predicted molar refractivity (Wildman–Crippen MR) is 186 cm³/mol. The van der Waals surface area contributed by atoms with Crippen molar-refractivity contribution in [1.29, 1.82) is 0 Å². The maximum absolute atomic E-state index is 13.5. The zero-order valence-corrected chi connectivity index (χ0v) is 28.8. The van der Waals surface area contributed by atoms with E-state index < -0.39 is 48.5 Å². The molecule has 0 aliphatic heterocycles. The van der Waals surface area contributed by atoms with Gasteiger partial charge in [0.25, 0.3) is 0 Å². The van der Waals surface area contributed by atoms with E-state index in [0.29, 0.717) is 31.2 Å². The van der Waals surface area contributed by atoms with Crippen molar-refractivity contribution in [3.63, 3.8) is 0 Å². The molecule has 0 heterocycles. The number of nitrogens with one attached hydrogen (secondary N) is 5. The van der Waals surface area contributed by atoms with Gasteiger partial charge in [0, 0.05) is 31.3 Å². The van der Waals surface area contributed by atoms with Crippen LogP contribution in [0.25, 0.3) is 10.8 Å². The normalized spacial score (nSPS) is 17.7. The summed E-state index contributed by atoms with van der Waals surface area (Å²) in [6, 6.07) is 9.54. The molecule has 2 aromatic rings. The molecule has 1 aliphatic carbocycles. The summed E-state index contributed by atoms with van der Waals surface area (Å²) >= 11 is 0. The molecule has 1 aliphatic rings. The Morgan fingerprint density at radius 3 is 2.02 bits per heavy atom. The van der Waals surface area contributed by atoms with E-state index in [1.165, 1.54) is 0 Å². The van der Waals surface area contributed by atoms with Crippen molar-refractivity contribution in [2.45, 2.75) is 102 Å². The van der Waals surface area contributed by atoms with Crippen molar-refractivity contribution in [2.24, 2.45) is 11.8 Å². The fourth-order valence-electron chi connectivity index (χ4n) is 6.08. The number of rotatable bonds is 20. The van der Waals surface area contributed by atoms with Gasteiger partial charge in [0.2, 0.25) is 11.8 Å². The van der Waals surface area contributed by atoms with E-state index >= 15 is 0 Å². The number of hydrogen-bond donors (Lipinski definition) is 8. The van der Waals surface area contributed by atoms with Gasteiger partial charge in [-0.15, -0.1) is 0 Å². The van der Waals surface area contributed by atoms with Crippen LogP contribution < -0.4 is 26.6 Å². The maximum Gasteiger partial charge on any atom is 0.326 e. The molecule has 14 heteroatoms. The Labute approximate surface area is 292 Å². The second-order valence-electron chi connectivity index (χ2n) is 13.3. The molecule has 4 amide bonds. The van der Waals surface area contributed by atoms with Crippen molar-refractivity contribution >= 4 is 46.5 Å². The van der Waals surface area contributed by atoms with Gasteiger partial charge in [-0.05, 0) is 80.2 Å². The van der Waals surface area contributed by atoms with Gasteiger partial charge >= 0.3 is 23.9 Å². The van der Waals surface area contributed by atoms with Crippen LogP contribution in [0.1, 0.15) is 77.2 Å². The Hall–Kier alpha value is -4.72. The molecule has 0 aromatic heterocycles. The SMILES string of the molecule is CC(C)NCC1CCC(C(=O)N[C@H](Cc2ccc3ccccc3c2)C(=O)NCCCCC(NC(=O)N[C@@H](CCC(=O)O)C(=O)O)C(=O)O)CC1. The molecule has 0 saturated heterocycles. The predicted octanol–water partition coefficient (Wildman–Crippen LogP) is 3.03. The van der Waals surface area contributed by atoms with Crippen LogP contribution in [-0.2, 0) is 30.4 Å². The average molecular weight is 698 g/mol. The molecule has 3 rings (SSSR count). The smallest absolute Gasteiger partial charge is 0.326 e. The molecule has 3 atom stereocenters. The summed E-state index contributed by atoms with van der Waals surface area (Å²) in [5.74, 6) is -4.14. The molecular formula is C36H51N5O9. The van der Waals surface area contributed by atoms with Crippen LogP contribution in [0.3, 0.4) is 0 Å². The first-order chi connectivity index (χ1) is 23.8. The first-order valence-corrected chi connectivity index (χ1v) is 17.4. The summed E-state index contributed by atoms with van der Waals surface area (Å²) in [5.41, 5.74) is 0.898. The highest BCUT2D eigenvalue weighted by molar-refractivity contribution is 5.89. The zero-order valence-electron chi connectivity index (χ0n) is 28.8. The van der Waals surface area contributed by atoms with Gasteiger partial charge in [0.1, 0.15) is 18.1 Å². The van der Waals surface area contributed by atoms with Crippen LogP contribution >= 0.6 is 0 Å². The zero-order chi connectivity index (χ0) is 36.6. The Morgan fingerprint density at radius 2 is 1.40 bits per heavy atom. The molecule has 1 unspecified atom stereocenters. The second kappa shape index (κ2) is 20.1. The van der Waals surface area contributed by atoms with Crippen LogP contribution in [0.5, 0.6) is 0 Å². The number of unbranched alkanes of at least 4 members (excludes halogenated alkanes) is 1. The van der Waals surface area contributed by atoms with Crippen LogP contribution in [0.2, 0.25) is 0 Å². The number of carbonyl (C=O) groups is 6. The minimum Gasteiger partial charge on any atom is -0.481 e. The van der Waals surface area contributed by atoms with Crippen molar-refractivity contribution in [2.75, 3.05) is 13.1 Å². The van der Waals surface area contributed by atoms with Gasteiger partial charge in [0.05, 0.1) is 0 Å². The largest absolute Gasteiger partial charge is 0.481 e. The van der Waals surface area contributed by atoms with E-state index in [9.17, 15) is 39.0 Å². The first-order valence-electron chi connectivity index (χ1n) is 17.4. The van der Waals surface area contributed by atoms with E-state index in [2.05, 4.69) is 40.4 Å². The summed E-state index contributed by atoms with van der Waals surface area (Å²) in [7, 11) is 0. The molecule has 8 N–H and O–H groups in total. The molecule has 50 heavy (non-hydrogen) atoms.